The maximum atomic E-state index is 13.1. The second kappa shape index (κ2) is 8.59. The summed E-state index contributed by atoms with van der Waals surface area (Å²) >= 11 is 6.36. The minimum absolute atomic E-state index is 0.285. The van der Waals surface area contributed by atoms with Crippen LogP contribution in [0.4, 0.5) is 5.69 Å². The SMILES string of the molecule is CCOCc1c(C(=O)Nc2c(CC)ccc(Cl)c2CC)oc2ccccc12. The van der Waals surface area contributed by atoms with E-state index in [0.717, 1.165) is 40.6 Å². The maximum Gasteiger partial charge on any atom is 0.291 e. The number of nitrogens with one attached hydrogen (secondary N) is 1. The number of halogens is 1. The van der Waals surface area contributed by atoms with E-state index in [1.54, 1.807) is 0 Å². The molecule has 0 saturated heterocycles. The van der Waals surface area contributed by atoms with Gasteiger partial charge in [0.2, 0.25) is 0 Å². The number of para-hydroxylation sites is 1. The zero-order valence-corrected chi connectivity index (χ0v) is 16.7. The van der Waals surface area contributed by atoms with E-state index in [1.165, 1.54) is 0 Å². The van der Waals surface area contributed by atoms with Crippen molar-refractivity contribution in [1.29, 1.82) is 0 Å². The summed E-state index contributed by atoms with van der Waals surface area (Å²) in [6.07, 6.45) is 1.53. The van der Waals surface area contributed by atoms with Crippen molar-refractivity contribution in [3.8, 4) is 0 Å². The average molecular weight is 386 g/mol. The first kappa shape index (κ1) is 19.5. The smallest absolute Gasteiger partial charge is 0.291 e. The Kier molecular flexibility index (Phi) is 6.19. The largest absolute Gasteiger partial charge is 0.451 e. The Labute approximate surface area is 164 Å². The van der Waals surface area contributed by atoms with E-state index in [2.05, 4.69) is 12.2 Å². The second-order valence-corrected chi connectivity index (χ2v) is 6.67. The van der Waals surface area contributed by atoms with Crippen LogP contribution < -0.4 is 5.32 Å². The van der Waals surface area contributed by atoms with Crippen LogP contribution in [-0.4, -0.2) is 12.5 Å². The molecule has 1 aromatic heterocycles. The van der Waals surface area contributed by atoms with Gasteiger partial charge in [0, 0.05) is 28.3 Å². The molecule has 27 heavy (non-hydrogen) atoms. The molecule has 3 rings (SSSR count). The molecule has 0 fully saturated rings. The van der Waals surface area contributed by atoms with Gasteiger partial charge in [0.15, 0.2) is 5.76 Å². The number of fused-ring (bicyclic) bond motifs is 1. The van der Waals surface area contributed by atoms with E-state index in [9.17, 15) is 4.79 Å². The van der Waals surface area contributed by atoms with Gasteiger partial charge < -0.3 is 14.5 Å². The van der Waals surface area contributed by atoms with Gasteiger partial charge in [-0.15, -0.1) is 0 Å². The number of anilines is 1. The summed E-state index contributed by atoms with van der Waals surface area (Å²) in [5, 5.41) is 4.60. The van der Waals surface area contributed by atoms with Crippen molar-refractivity contribution in [2.75, 3.05) is 11.9 Å². The summed E-state index contributed by atoms with van der Waals surface area (Å²) in [5.74, 6) is 0.00120. The highest BCUT2D eigenvalue weighted by Gasteiger charge is 2.22. The standard InChI is InChI=1S/C22H24ClNO3/c1-4-14-11-12-18(23)15(5-2)20(14)24-22(25)21-17(13-26-6-3)16-9-7-8-10-19(16)27-21/h7-12H,4-6,13H2,1-3H3,(H,24,25). The molecular weight excluding hydrogens is 362 g/mol. The fourth-order valence-electron chi connectivity index (χ4n) is 3.27. The summed E-state index contributed by atoms with van der Waals surface area (Å²) in [4.78, 5) is 13.1. The number of furan rings is 1. The molecular formula is C22H24ClNO3. The fraction of sp³-hybridized carbons (Fsp3) is 0.318. The molecule has 0 saturated carbocycles. The van der Waals surface area contributed by atoms with Crippen molar-refractivity contribution in [3.05, 3.63) is 63.9 Å². The molecule has 0 aliphatic rings. The molecule has 1 heterocycles. The molecule has 1 amide bonds. The van der Waals surface area contributed by atoms with Gasteiger partial charge in [0.25, 0.3) is 5.91 Å². The van der Waals surface area contributed by atoms with Gasteiger partial charge in [-0.05, 0) is 43.0 Å². The summed E-state index contributed by atoms with van der Waals surface area (Å²) in [6.45, 7) is 6.90. The van der Waals surface area contributed by atoms with Crippen molar-refractivity contribution >= 4 is 34.2 Å². The van der Waals surface area contributed by atoms with Gasteiger partial charge in [0.05, 0.1) is 6.61 Å². The highest BCUT2D eigenvalue weighted by molar-refractivity contribution is 6.32. The molecule has 0 unspecified atom stereocenters. The molecule has 0 aliphatic heterocycles. The van der Waals surface area contributed by atoms with Crippen LogP contribution in [0.5, 0.6) is 0 Å². The first-order valence-corrected chi connectivity index (χ1v) is 9.68. The zero-order chi connectivity index (χ0) is 19.4. The van der Waals surface area contributed by atoms with Gasteiger partial charge >= 0.3 is 0 Å². The fourth-order valence-corrected chi connectivity index (χ4v) is 3.56. The lowest BCUT2D eigenvalue weighted by molar-refractivity contribution is 0.0984. The monoisotopic (exact) mass is 385 g/mol. The van der Waals surface area contributed by atoms with Crippen LogP contribution in [0.2, 0.25) is 5.02 Å². The summed E-state index contributed by atoms with van der Waals surface area (Å²) < 4.78 is 11.5. The van der Waals surface area contributed by atoms with E-state index in [4.69, 9.17) is 20.8 Å². The van der Waals surface area contributed by atoms with E-state index < -0.39 is 0 Å². The number of carbonyl (C=O) groups is 1. The van der Waals surface area contributed by atoms with Crippen molar-refractivity contribution in [2.24, 2.45) is 0 Å². The minimum atomic E-state index is -0.285. The molecule has 1 N–H and O–H groups in total. The van der Waals surface area contributed by atoms with E-state index >= 15 is 0 Å². The Morgan fingerprint density at radius 2 is 1.85 bits per heavy atom. The molecule has 2 aromatic carbocycles. The van der Waals surface area contributed by atoms with Gasteiger partial charge in [-0.25, -0.2) is 0 Å². The predicted molar refractivity (Wildman–Crippen MR) is 110 cm³/mol. The number of ether oxygens (including phenoxy) is 1. The summed E-state index contributed by atoms with van der Waals surface area (Å²) in [5.41, 5.74) is 4.21. The normalized spacial score (nSPS) is 11.1. The predicted octanol–water partition coefficient (Wildman–Crippen LogP) is 6.00. The Bertz CT molecular complexity index is 962. The number of benzene rings is 2. The van der Waals surface area contributed by atoms with Gasteiger partial charge in [-0.2, -0.15) is 0 Å². The third-order valence-electron chi connectivity index (χ3n) is 4.67. The Morgan fingerprint density at radius 3 is 2.56 bits per heavy atom. The van der Waals surface area contributed by atoms with Crippen molar-refractivity contribution in [1.82, 2.24) is 0 Å². The maximum absolute atomic E-state index is 13.1. The number of hydrogen-bond acceptors (Lipinski definition) is 3. The lowest BCUT2D eigenvalue weighted by atomic mass is 10.0. The zero-order valence-electron chi connectivity index (χ0n) is 15.9. The average Bonchev–Trinajstić information content (AvgIpc) is 3.05. The van der Waals surface area contributed by atoms with Gasteiger partial charge in [0.1, 0.15) is 5.58 Å². The quantitative estimate of drug-likeness (QED) is 0.542. The third-order valence-corrected chi connectivity index (χ3v) is 5.02. The third kappa shape index (κ3) is 3.87. The van der Waals surface area contributed by atoms with Crippen LogP contribution in [0.1, 0.15) is 48.0 Å². The van der Waals surface area contributed by atoms with Crippen LogP contribution in [0.15, 0.2) is 40.8 Å². The molecule has 5 heteroatoms. The summed E-state index contributed by atoms with van der Waals surface area (Å²) in [7, 11) is 0. The van der Waals surface area contributed by atoms with Crippen LogP contribution in [0, 0.1) is 0 Å². The molecule has 0 spiro atoms. The van der Waals surface area contributed by atoms with Crippen molar-refractivity contribution in [3.63, 3.8) is 0 Å². The lowest BCUT2D eigenvalue weighted by Gasteiger charge is -2.15. The molecule has 0 radical (unpaired) electrons. The van der Waals surface area contributed by atoms with Crippen LogP contribution >= 0.6 is 11.6 Å². The van der Waals surface area contributed by atoms with Crippen molar-refractivity contribution in [2.45, 2.75) is 40.2 Å². The Balaban J connectivity index is 2.04. The van der Waals surface area contributed by atoms with Gasteiger partial charge in [-0.3, -0.25) is 4.79 Å². The molecule has 0 atom stereocenters. The number of carbonyl (C=O) groups excluding carboxylic acids is 1. The Morgan fingerprint density at radius 1 is 1.07 bits per heavy atom. The number of aryl methyl sites for hydroxylation is 1. The number of rotatable bonds is 7. The molecule has 0 bridgehead atoms. The topological polar surface area (TPSA) is 51.5 Å². The van der Waals surface area contributed by atoms with Gasteiger partial charge in [-0.1, -0.05) is 49.7 Å². The van der Waals surface area contributed by atoms with E-state index in [0.29, 0.717) is 23.8 Å². The highest BCUT2D eigenvalue weighted by atomic mass is 35.5. The number of amides is 1. The van der Waals surface area contributed by atoms with E-state index in [1.807, 2.05) is 50.2 Å². The number of hydrogen-bond donors (Lipinski definition) is 1. The van der Waals surface area contributed by atoms with Crippen LogP contribution in [-0.2, 0) is 24.2 Å². The minimum Gasteiger partial charge on any atom is -0.451 e. The summed E-state index contributed by atoms with van der Waals surface area (Å²) in [6, 6.07) is 11.5. The van der Waals surface area contributed by atoms with Crippen LogP contribution in [0.3, 0.4) is 0 Å². The Hall–Kier alpha value is -2.30. The first-order valence-electron chi connectivity index (χ1n) is 9.30. The molecule has 142 valence electrons. The molecule has 4 nitrogen and oxygen atoms in total. The first-order chi connectivity index (χ1) is 13.1. The molecule has 3 aromatic rings. The lowest BCUT2D eigenvalue weighted by Crippen LogP contribution is -2.16. The van der Waals surface area contributed by atoms with Crippen LogP contribution in [0.25, 0.3) is 11.0 Å². The highest BCUT2D eigenvalue weighted by Crippen LogP contribution is 2.32. The van der Waals surface area contributed by atoms with E-state index in [-0.39, 0.29) is 11.7 Å². The van der Waals surface area contributed by atoms with Crippen molar-refractivity contribution < 1.29 is 13.9 Å². The second-order valence-electron chi connectivity index (χ2n) is 6.26. The molecule has 0 aliphatic carbocycles.